The van der Waals surface area contributed by atoms with Crippen molar-refractivity contribution in [3.8, 4) is 0 Å². The van der Waals surface area contributed by atoms with E-state index in [1.807, 2.05) is 0 Å². The van der Waals surface area contributed by atoms with Crippen LogP contribution in [0.4, 0.5) is 0 Å². The molecule has 0 saturated carbocycles. The number of amides is 1. The Bertz CT molecular complexity index is 681. The van der Waals surface area contributed by atoms with Gasteiger partial charge in [0.1, 0.15) is 4.90 Å². The summed E-state index contributed by atoms with van der Waals surface area (Å²) >= 11 is 6.01. The average molecular weight is 357 g/mol. The van der Waals surface area contributed by atoms with Gasteiger partial charge in [0.2, 0.25) is 10.0 Å². The number of benzene rings is 1. The molecule has 1 aliphatic rings. The predicted molar refractivity (Wildman–Crippen MR) is 91.2 cm³/mol. The van der Waals surface area contributed by atoms with E-state index in [4.69, 9.17) is 11.6 Å². The van der Waals surface area contributed by atoms with Crippen LogP contribution < -0.4 is 4.72 Å². The van der Waals surface area contributed by atoms with E-state index in [0.717, 1.165) is 25.7 Å². The molecular weight excluding hydrogens is 336 g/mol. The molecule has 2 rings (SSSR count). The van der Waals surface area contributed by atoms with Crippen molar-refractivity contribution in [3.05, 3.63) is 41.4 Å². The normalized spacial score (nSPS) is 16.0. The van der Waals surface area contributed by atoms with E-state index in [-0.39, 0.29) is 22.4 Å². The second-order valence-electron chi connectivity index (χ2n) is 5.49. The quantitative estimate of drug-likeness (QED) is 0.825. The molecule has 23 heavy (non-hydrogen) atoms. The number of hydrogen-bond donors (Lipinski definition) is 1. The zero-order valence-electron chi connectivity index (χ0n) is 12.9. The molecule has 0 bridgehead atoms. The second kappa shape index (κ2) is 7.95. The van der Waals surface area contributed by atoms with E-state index in [0.29, 0.717) is 18.7 Å². The third-order valence-electron chi connectivity index (χ3n) is 3.78. The maximum Gasteiger partial charge on any atom is 0.253 e. The van der Waals surface area contributed by atoms with E-state index in [1.54, 1.807) is 11.0 Å². The fourth-order valence-corrected chi connectivity index (χ4v) is 4.07. The number of carbonyl (C=O) groups excluding carboxylic acids is 1. The fraction of sp³-hybridized carbons (Fsp3) is 0.438. The number of carbonyl (C=O) groups is 1. The van der Waals surface area contributed by atoms with Crippen LogP contribution in [0.1, 0.15) is 36.0 Å². The van der Waals surface area contributed by atoms with Gasteiger partial charge in [-0.1, -0.05) is 30.5 Å². The number of halogens is 1. The van der Waals surface area contributed by atoms with Crippen LogP contribution >= 0.6 is 11.6 Å². The van der Waals surface area contributed by atoms with Crippen molar-refractivity contribution in [1.82, 2.24) is 9.62 Å². The molecule has 126 valence electrons. The lowest BCUT2D eigenvalue weighted by Crippen LogP contribution is -2.32. The summed E-state index contributed by atoms with van der Waals surface area (Å²) < 4.78 is 26.9. The molecule has 1 heterocycles. The molecule has 0 unspecified atom stereocenters. The van der Waals surface area contributed by atoms with Crippen LogP contribution in [0.2, 0.25) is 5.02 Å². The van der Waals surface area contributed by atoms with Gasteiger partial charge in [-0.3, -0.25) is 4.79 Å². The highest BCUT2D eigenvalue weighted by Gasteiger charge is 2.22. The zero-order valence-corrected chi connectivity index (χ0v) is 14.5. The van der Waals surface area contributed by atoms with Gasteiger partial charge in [0.05, 0.1) is 5.02 Å². The fourth-order valence-electron chi connectivity index (χ4n) is 2.55. The van der Waals surface area contributed by atoms with Crippen LogP contribution in [0.15, 0.2) is 35.7 Å². The molecule has 5 nitrogen and oxygen atoms in total. The summed E-state index contributed by atoms with van der Waals surface area (Å²) in [7, 11) is -3.77. The van der Waals surface area contributed by atoms with E-state index >= 15 is 0 Å². The summed E-state index contributed by atoms with van der Waals surface area (Å²) in [5.41, 5.74) is 0.343. The van der Waals surface area contributed by atoms with Gasteiger partial charge in [0, 0.05) is 25.2 Å². The molecule has 0 aliphatic carbocycles. The van der Waals surface area contributed by atoms with Crippen molar-refractivity contribution in [2.24, 2.45) is 0 Å². The van der Waals surface area contributed by atoms with E-state index in [9.17, 15) is 13.2 Å². The molecule has 1 N–H and O–H groups in total. The van der Waals surface area contributed by atoms with Crippen LogP contribution in [-0.4, -0.2) is 38.9 Å². The van der Waals surface area contributed by atoms with Gasteiger partial charge in [-0.2, -0.15) is 0 Å². The summed E-state index contributed by atoms with van der Waals surface area (Å²) in [4.78, 5) is 14.3. The Balaban J connectivity index is 2.28. The predicted octanol–water partition coefficient (Wildman–Crippen LogP) is 2.82. The summed E-state index contributed by atoms with van der Waals surface area (Å²) in [6, 6.07) is 4.37. The number of sulfonamides is 1. The highest BCUT2D eigenvalue weighted by atomic mass is 35.5. The van der Waals surface area contributed by atoms with Gasteiger partial charge in [-0.15, -0.1) is 6.58 Å². The minimum atomic E-state index is -3.77. The lowest BCUT2D eigenvalue weighted by molar-refractivity contribution is 0.0761. The molecule has 0 radical (unpaired) electrons. The first-order valence-corrected chi connectivity index (χ1v) is 9.51. The summed E-state index contributed by atoms with van der Waals surface area (Å²) in [6.07, 6.45) is 5.64. The van der Waals surface area contributed by atoms with Gasteiger partial charge in [0.25, 0.3) is 5.91 Å². The van der Waals surface area contributed by atoms with Crippen LogP contribution in [0.25, 0.3) is 0 Å². The van der Waals surface area contributed by atoms with Gasteiger partial charge >= 0.3 is 0 Å². The first-order chi connectivity index (χ1) is 11.0. The third-order valence-corrected chi connectivity index (χ3v) is 5.68. The molecule has 1 aliphatic heterocycles. The number of rotatable bonds is 5. The Morgan fingerprint density at radius 1 is 1.26 bits per heavy atom. The zero-order chi connectivity index (χ0) is 16.9. The highest BCUT2D eigenvalue weighted by molar-refractivity contribution is 7.89. The van der Waals surface area contributed by atoms with Gasteiger partial charge in [-0.25, -0.2) is 13.1 Å². The Hall–Kier alpha value is -1.37. The lowest BCUT2D eigenvalue weighted by Gasteiger charge is -2.20. The molecule has 0 aromatic heterocycles. The molecule has 1 aromatic carbocycles. The smallest absolute Gasteiger partial charge is 0.253 e. The maximum absolute atomic E-state index is 12.6. The molecule has 0 spiro atoms. The van der Waals surface area contributed by atoms with E-state index in [1.165, 1.54) is 18.2 Å². The minimum Gasteiger partial charge on any atom is -0.339 e. The Labute approximate surface area is 142 Å². The number of nitrogens with one attached hydrogen (secondary N) is 1. The van der Waals surface area contributed by atoms with Crippen molar-refractivity contribution in [2.75, 3.05) is 19.6 Å². The van der Waals surface area contributed by atoms with Crippen LogP contribution in [-0.2, 0) is 10.0 Å². The van der Waals surface area contributed by atoms with Crippen molar-refractivity contribution in [1.29, 1.82) is 0 Å². The molecule has 1 fully saturated rings. The summed E-state index contributed by atoms with van der Waals surface area (Å²) in [5, 5.41) is 0.0916. The molecule has 7 heteroatoms. The van der Waals surface area contributed by atoms with Crippen molar-refractivity contribution in [2.45, 2.75) is 30.6 Å². The molecule has 0 atom stereocenters. The van der Waals surface area contributed by atoms with Gasteiger partial charge in [0.15, 0.2) is 0 Å². The SMILES string of the molecule is C=CCNS(=O)(=O)c1cc(C(=O)N2CCCCCC2)ccc1Cl. The standard InChI is InChI=1S/C16H21ClN2O3S/c1-2-9-18-23(21,22)15-12-13(7-8-14(15)17)16(20)19-10-5-3-4-6-11-19/h2,7-8,12,18H,1,3-6,9-11H2. The van der Waals surface area contributed by atoms with E-state index in [2.05, 4.69) is 11.3 Å². The lowest BCUT2D eigenvalue weighted by atomic mass is 10.2. The first kappa shape index (κ1) is 18.0. The number of hydrogen-bond acceptors (Lipinski definition) is 3. The molecule has 1 saturated heterocycles. The Kier molecular flexibility index (Phi) is 6.21. The average Bonchev–Trinajstić information content (AvgIpc) is 2.82. The highest BCUT2D eigenvalue weighted by Crippen LogP contribution is 2.24. The van der Waals surface area contributed by atoms with Crippen LogP contribution in [0, 0.1) is 0 Å². The van der Waals surface area contributed by atoms with Crippen LogP contribution in [0.3, 0.4) is 0 Å². The molecule has 1 amide bonds. The Morgan fingerprint density at radius 2 is 1.91 bits per heavy atom. The van der Waals surface area contributed by atoms with Crippen molar-refractivity contribution in [3.63, 3.8) is 0 Å². The molecular formula is C16H21ClN2O3S. The van der Waals surface area contributed by atoms with Crippen molar-refractivity contribution >= 4 is 27.5 Å². The van der Waals surface area contributed by atoms with Gasteiger partial charge < -0.3 is 4.90 Å². The third kappa shape index (κ3) is 4.56. The largest absolute Gasteiger partial charge is 0.339 e. The second-order valence-corrected chi connectivity index (χ2v) is 7.63. The van der Waals surface area contributed by atoms with E-state index < -0.39 is 10.0 Å². The molecule has 1 aromatic rings. The monoisotopic (exact) mass is 356 g/mol. The summed E-state index contributed by atoms with van der Waals surface area (Å²) in [6.45, 7) is 4.99. The number of likely N-dealkylation sites (tertiary alicyclic amines) is 1. The minimum absolute atomic E-state index is 0.0818. The van der Waals surface area contributed by atoms with Crippen LogP contribution in [0.5, 0.6) is 0 Å². The topological polar surface area (TPSA) is 66.5 Å². The summed E-state index contributed by atoms with van der Waals surface area (Å²) in [5.74, 6) is -0.149. The van der Waals surface area contributed by atoms with Crippen molar-refractivity contribution < 1.29 is 13.2 Å². The number of nitrogens with zero attached hydrogens (tertiary/aromatic N) is 1. The maximum atomic E-state index is 12.6. The Morgan fingerprint density at radius 3 is 2.52 bits per heavy atom. The first-order valence-electron chi connectivity index (χ1n) is 7.65. The van der Waals surface area contributed by atoms with Gasteiger partial charge in [-0.05, 0) is 31.0 Å².